The van der Waals surface area contributed by atoms with E-state index in [1.165, 1.54) is 18.3 Å². The van der Waals surface area contributed by atoms with Crippen LogP contribution in [0.5, 0.6) is 0 Å². The average Bonchev–Trinajstić information content (AvgIpc) is 2.74. The van der Waals surface area contributed by atoms with E-state index < -0.39 is 5.97 Å². The SMILES string of the molecule is Cc1ccccc1C(=O)N1CCC(C(=O)N/N=C\c2ccc(C(=O)O)cc2)CC1. The van der Waals surface area contributed by atoms with Crippen LogP contribution in [0.15, 0.2) is 53.6 Å². The Labute approximate surface area is 169 Å². The molecule has 0 atom stereocenters. The van der Waals surface area contributed by atoms with Crippen molar-refractivity contribution in [2.45, 2.75) is 19.8 Å². The number of carbonyl (C=O) groups is 3. The number of nitrogens with one attached hydrogen (secondary N) is 1. The predicted molar refractivity (Wildman–Crippen MR) is 109 cm³/mol. The number of likely N-dealkylation sites (tertiary alicyclic amines) is 1. The van der Waals surface area contributed by atoms with E-state index in [4.69, 9.17) is 5.11 Å². The predicted octanol–water partition coefficient (Wildman–Crippen LogP) is 2.70. The fourth-order valence-corrected chi connectivity index (χ4v) is 3.30. The Morgan fingerprint density at radius 3 is 2.34 bits per heavy atom. The lowest BCUT2D eigenvalue weighted by atomic mass is 9.95. The molecular formula is C22H23N3O4. The molecule has 29 heavy (non-hydrogen) atoms. The maximum Gasteiger partial charge on any atom is 0.335 e. The molecule has 7 nitrogen and oxygen atoms in total. The first kappa shape index (κ1) is 20.3. The molecule has 0 aromatic heterocycles. The molecule has 1 heterocycles. The molecule has 150 valence electrons. The lowest BCUT2D eigenvalue weighted by Gasteiger charge is -2.31. The first-order chi connectivity index (χ1) is 14.0. The van der Waals surface area contributed by atoms with E-state index in [1.54, 1.807) is 17.0 Å². The van der Waals surface area contributed by atoms with Crippen LogP contribution in [0, 0.1) is 12.8 Å². The molecule has 2 aromatic rings. The minimum atomic E-state index is -0.992. The summed E-state index contributed by atoms with van der Waals surface area (Å²) in [7, 11) is 0. The lowest BCUT2D eigenvalue weighted by molar-refractivity contribution is -0.126. The summed E-state index contributed by atoms with van der Waals surface area (Å²) in [6.07, 6.45) is 2.65. The number of hydrogen-bond acceptors (Lipinski definition) is 4. The fraction of sp³-hybridized carbons (Fsp3) is 0.273. The molecule has 0 spiro atoms. The Hall–Kier alpha value is -3.48. The second-order valence-electron chi connectivity index (χ2n) is 7.04. The van der Waals surface area contributed by atoms with Gasteiger partial charge >= 0.3 is 5.97 Å². The Kier molecular flexibility index (Phi) is 6.39. The number of piperidine rings is 1. The number of hydrogen-bond donors (Lipinski definition) is 2. The van der Waals surface area contributed by atoms with Crippen LogP contribution in [0.4, 0.5) is 0 Å². The van der Waals surface area contributed by atoms with Crippen LogP contribution < -0.4 is 5.43 Å². The van der Waals surface area contributed by atoms with Crippen molar-refractivity contribution >= 4 is 24.0 Å². The van der Waals surface area contributed by atoms with Crippen molar-refractivity contribution in [2.75, 3.05) is 13.1 Å². The van der Waals surface area contributed by atoms with Crippen LogP contribution in [0.1, 0.15) is 44.7 Å². The number of carbonyl (C=O) groups excluding carboxylic acids is 2. The summed E-state index contributed by atoms with van der Waals surface area (Å²) in [5.74, 6) is -1.35. The van der Waals surface area contributed by atoms with E-state index >= 15 is 0 Å². The Morgan fingerprint density at radius 2 is 1.72 bits per heavy atom. The highest BCUT2D eigenvalue weighted by atomic mass is 16.4. The van der Waals surface area contributed by atoms with Crippen molar-refractivity contribution in [1.82, 2.24) is 10.3 Å². The summed E-state index contributed by atoms with van der Waals surface area (Å²) in [6, 6.07) is 13.7. The number of amides is 2. The number of nitrogens with zero attached hydrogens (tertiary/aromatic N) is 2. The van der Waals surface area contributed by atoms with Crippen molar-refractivity contribution in [2.24, 2.45) is 11.0 Å². The number of benzene rings is 2. The highest BCUT2D eigenvalue weighted by Crippen LogP contribution is 2.20. The van der Waals surface area contributed by atoms with Gasteiger partial charge in [-0.2, -0.15) is 5.10 Å². The van der Waals surface area contributed by atoms with Gasteiger partial charge in [0.1, 0.15) is 0 Å². The molecule has 1 aliphatic rings. The number of aryl methyl sites for hydroxylation is 1. The van der Waals surface area contributed by atoms with Gasteiger partial charge in [-0.15, -0.1) is 0 Å². The molecule has 1 fully saturated rings. The van der Waals surface area contributed by atoms with Gasteiger partial charge in [0.05, 0.1) is 11.8 Å². The van der Waals surface area contributed by atoms with Gasteiger partial charge in [-0.25, -0.2) is 10.2 Å². The summed E-state index contributed by atoms with van der Waals surface area (Å²) in [5.41, 5.74) is 5.07. The van der Waals surface area contributed by atoms with Crippen LogP contribution in [0.3, 0.4) is 0 Å². The first-order valence-electron chi connectivity index (χ1n) is 9.47. The minimum absolute atomic E-state index is 0.00443. The topological polar surface area (TPSA) is 99.1 Å². The van der Waals surface area contributed by atoms with E-state index in [9.17, 15) is 14.4 Å². The van der Waals surface area contributed by atoms with Crippen LogP contribution in [0.2, 0.25) is 0 Å². The quantitative estimate of drug-likeness (QED) is 0.603. The third-order valence-corrected chi connectivity index (χ3v) is 5.07. The normalized spacial score (nSPS) is 14.7. The van der Waals surface area contributed by atoms with Gasteiger partial charge in [-0.05, 0) is 49.1 Å². The molecule has 0 radical (unpaired) electrons. The van der Waals surface area contributed by atoms with Gasteiger partial charge < -0.3 is 10.0 Å². The van der Waals surface area contributed by atoms with E-state index in [2.05, 4.69) is 10.5 Å². The van der Waals surface area contributed by atoms with Gasteiger partial charge in [0, 0.05) is 24.6 Å². The standard InChI is InChI=1S/C22H23N3O4/c1-15-4-2-3-5-19(15)21(27)25-12-10-17(11-13-25)20(26)24-23-14-16-6-8-18(9-7-16)22(28)29/h2-9,14,17H,10-13H2,1H3,(H,24,26)(H,28,29)/b23-14-. The summed E-state index contributed by atoms with van der Waals surface area (Å²) in [5, 5.41) is 12.8. The van der Waals surface area contributed by atoms with Crippen molar-refractivity contribution in [1.29, 1.82) is 0 Å². The van der Waals surface area contributed by atoms with Crippen LogP contribution >= 0.6 is 0 Å². The molecular weight excluding hydrogens is 370 g/mol. The van der Waals surface area contributed by atoms with E-state index in [0.29, 0.717) is 37.1 Å². The average molecular weight is 393 g/mol. The van der Waals surface area contributed by atoms with E-state index in [-0.39, 0.29) is 23.3 Å². The number of carboxylic acids is 1. The molecule has 0 aliphatic carbocycles. The molecule has 1 aliphatic heterocycles. The largest absolute Gasteiger partial charge is 0.478 e. The van der Waals surface area contributed by atoms with Crippen molar-refractivity contribution < 1.29 is 19.5 Å². The summed E-state index contributed by atoms with van der Waals surface area (Å²) in [4.78, 5) is 37.6. The highest BCUT2D eigenvalue weighted by Gasteiger charge is 2.28. The number of hydrazone groups is 1. The zero-order valence-corrected chi connectivity index (χ0v) is 16.2. The molecule has 1 saturated heterocycles. The van der Waals surface area contributed by atoms with Crippen LogP contribution in [-0.2, 0) is 4.79 Å². The molecule has 2 aromatic carbocycles. The lowest BCUT2D eigenvalue weighted by Crippen LogP contribution is -2.42. The number of aromatic carboxylic acids is 1. The van der Waals surface area contributed by atoms with E-state index in [1.807, 2.05) is 31.2 Å². The van der Waals surface area contributed by atoms with Gasteiger partial charge in [0.25, 0.3) is 5.91 Å². The summed E-state index contributed by atoms with van der Waals surface area (Å²) >= 11 is 0. The second-order valence-corrected chi connectivity index (χ2v) is 7.04. The Morgan fingerprint density at radius 1 is 1.07 bits per heavy atom. The first-order valence-corrected chi connectivity index (χ1v) is 9.47. The van der Waals surface area contributed by atoms with Gasteiger partial charge in [0.15, 0.2) is 0 Å². The molecule has 0 unspecified atom stereocenters. The third-order valence-electron chi connectivity index (χ3n) is 5.07. The minimum Gasteiger partial charge on any atom is -0.478 e. The Bertz CT molecular complexity index is 929. The summed E-state index contributed by atoms with van der Waals surface area (Å²) in [6.45, 7) is 2.98. The molecule has 3 rings (SSSR count). The molecule has 2 N–H and O–H groups in total. The number of rotatable bonds is 5. The zero-order valence-electron chi connectivity index (χ0n) is 16.2. The van der Waals surface area contributed by atoms with Gasteiger partial charge in [-0.1, -0.05) is 30.3 Å². The molecule has 0 bridgehead atoms. The fourth-order valence-electron chi connectivity index (χ4n) is 3.30. The Balaban J connectivity index is 1.49. The number of carboxylic acid groups (broad SMARTS) is 1. The highest BCUT2D eigenvalue weighted by molar-refractivity contribution is 5.96. The third kappa shape index (κ3) is 5.07. The van der Waals surface area contributed by atoms with Crippen molar-refractivity contribution in [3.63, 3.8) is 0 Å². The monoisotopic (exact) mass is 393 g/mol. The smallest absolute Gasteiger partial charge is 0.335 e. The van der Waals surface area contributed by atoms with Gasteiger partial charge in [-0.3, -0.25) is 9.59 Å². The second kappa shape index (κ2) is 9.14. The molecule has 0 saturated carbocycles. The van der Waals surface area contributed by atoms with Gasteiger partial charge in [0.2, 0.25) is 5.91 Å². The molecule has 7 heteroatoms. The summed E-state index contributed by atoms with van der Waals surface area (Å²) < 4.78 is 0. The van der Waals surface area contributed by atoms with Crippen molar-refractivity contribution in [3.8, 4) is 0 Å². The maximum absolute atomic E-state index is 12.7. The van der Waals surface area contributed by atoms with Crippen LogP contribution in [0.25, 0.3) is 0 Å². The van der Waals surface area contributed by atoms with E-state index in [0.717, 1.165) is 5.56 Å². The maximum atomic E-state index is 12.7. The van der Waals surface area contributed by atoms with Crippen molar-refractivity contribution in [3.05, 3.63) is 70.8 Å². The zero-order chi connectivity index (χ0) is 20.8. The molecule has 2 amide bonds. The van der Waals surface area contributed by atoms with Crippen LogP contribution in [-0.4, -0.2) is 47.1 Å².